The van der Waals surface area contributed by atoms with Crippen molar-refractivity contribution >= 4 is 24.2 Å². The molecule has 0 spiro atoms. The number of aromatic nitrogens is 10. The van der Waals surface area contributed by atoms with Gasteiger partial charge in [0, 0.05) is 61.7 Å². The molecule has 4 aromatic heterocycles. The van der Waals surface area contributed by atoms with E-state index in [1.54, 1.807) is 0 Å². The number of hydrogen-bond acceptors (Lipinski definition) is 12. The largest absolute Gasteiger partial charge is 0.494 e. The zero-order valence-corrected chi connectivity index (χ0v) is 43.3. The molecule has 14 heteroatoms. The number of benzene rings is 6. The average Bonchev–Trinajstić information content (AvgIpc) is 3.64. The molecule has 0 atom stereocenters. The van der Waals surface area contributed by atoms with Gasteiger partial charge < -0.3 is 9.31 Å². The van der Waals surface area contributed by atoms with Crippen molar-refractivity contribution in [1.82, 2.24) is 49.8 Å². The highest BCUT2D eigenvalue weighted by atomic mass is 35.5. The van der Waals surface area contributed by atoms with Gasteiger partial charge in [-0.15, -0.1) is 0 Å². The van der Waals surface area contributed by atoms with Gasteiger partial charge in [0.2, 0.25) is 5.28 Å². The Kier molecular flexibility index (Phi) is 15.3. The summed E-state index contributed by atoms with van der Waals surface area (Å²) in [5.41, 5.74) is 10.8. The SMILES string of the molecule is Cc1cc(C)nc(-c2ccc(-c3nc(-c4ccccc4)nc(-c4ccccc4)n3)cc2)n1.Cc1cc(C)nc(-c2ccc(B3OC(C)(C)C(C)(C)O3)cc2)n1.Clc1nc(-c2ccccc2)nc(-c2ccccc2)n1. The average molecular weight is 993 g/mol. The summed E-state index contributed by atoms with van der Waals surface area (Å²) in [6.07, 6.45) is 0. The minimum absolute atomic E-state index is 0.202. The minimum atomic E-state index is -0.339. The van der Waals surface area contributed by atoms with Crippen LogP contribution in [0.3, 0.4) is 0 Å². The molecule has 366 valence electrons. The predicted octanol–water partition coefficient (Wildman–Crippen LogP) is 12.9. The highest BCUT2D eigenvalue weighted by Gasteiger charge is 2.51. The van der Waals surface area contributed by atoms with Crippen LogP contribution in [0.2, 0.25) is 5.28 Å². The first-order chi connectivity index (χ1) is 35.7. The monoisotopic (exact) mass is 992 g/mol. The van der Waals surface area contributed by atoms with Gasteiger partial charge in [-0.25, -0.2) is 39.9 Å². The Hall–Kier alpha value is -8.23. The van der Waals surface area contributed by atoms with E-state index in [4.69, 9.17) is 35.9 Å². The molecule has 0 amide bonds. The smallest absolute Gasteiger partial charge is 0.399 e. The molecular formula is C60H54BClN10O2. The first kappa shape index (κ1) is 50.7. The molecular weight excluding hydrogens is 939 g/mol. The number of hydrogen-bond donors (Lipinski definition) is 0. The summed E-state index contributed by atoms with van der Waals surface area (Å²) in [5.74, 6) is 4.57. The van der Waals surface area contributed by atoms with Gasteiger partial charge in [-0.05, 0) is 84.6 Å². The van der Waals surface area contributed by atoms with E-state index in [0.29, 0.717) is 29.1 Å². The van der Waals surface area contributed by atoms with E-state index in [-0.39, 0.29) is 23.6 Å². The standard InChI is InChI=1S/C27H21N5.C18H23BN2O2.C15H10ClN3/c1-18-17-19(2)29-24(28-18)22-13-15-23(16-14-22)27-31-25(20-9-5-3-6-10-20)30-26(32-27)21-11-7-4-8-12-21;1-12-11-13(2)21-16(20-12)14-7-9-15(10-8-14)19-22-17(3,4)18(5,6)23-19;16-15-18-13(11-7-3-1-4-8-11)17-14(19-15)12-9-5-2-6-10-12/h3-17H,1-2H3;7-11H,1-6H3;1-10H. The fourth-order valence-electron chi connectivity index (χ4n) is 7.97. The number of halogens is 1. The summed E-state index contributed by atoms with van der Waals surface area (Å²) in [6.45, 7) is 16.2. The zero-order chi connectivity index (χ0) is 51.8. The van der Waals surface area contributed by atoms with Crippen molar-refractivity contribution in [3.05, 3.63) is 210 Å². The minimum Gasteiger partial charge on any atom is -0.399 e. The van der Waals surface area contributed by atoms with Gasteiger partial charge in [0.05, 0.1) is 11.2 Å². The second-order valence-corrected chi connectivity index (χ2v) is 19.1. The van der Waals surface area contributed by atoms with Crippen molar-refractivity contribution in [2.45, 2.75) is 66.6 Å². The van der Waals surface area contributed by atoms with Crippen LogP contribution in [-0.4, -0.2) is 68.2 Å². The van der Waals surface area contributed by atoms with E-state index >= 15 is 0 Å². The molecule has 74 heavy (non-hydrogen) atoms. The van der Waals surface area contributed by atoms with Crippen LogP contribution >= 0.6 is 11.6 Å². The second kappa shape index (κ2) is 22.3. The Morgan fingerprint density at radius 1 is 0.311 bits per heavy atom. The van der Waals surface area contributed by atoms with Crippen LogP contribution in [0.4, 0.5) is 0 Å². The lowest BCUT2D eigenvalue weighted by Gasteiger charge is -2.32. The van der Waals surface area contributed by atoms with Gasteiger partial charge in [0.1, 0.15) is 0 Å². The van der Waals surface area contributed by atoms with Crippen LogP contribution in [0.15, 0.2) is 182 Å². The van der Waals surface area contributed by atoms with Crippen molar-refractivity contribution in [3.63, 3.8) is 0 Å². The summed E-state index contributed by atoms with van der Waals surface area (Å²) in [4.78, 5) is 45.2. The lowest BCUT2D eigenvalue weighted by molar-refractivity contribution is 0.00578. The van der Waals surface area contributed by atoms with Crippen molar-refractivity contribution < 1.29 is 9.31 Å². The quantitative estimate of drug-likeness (QED) is 0.133. The van der Waals surface area contributed by atoms with Gasteiger partial charge in [-0.1, -0.05) is 170 Å². The Balaban J connectivity index is 0.000000142. The van der Waals surface area contributed by atoms with Gasteiger partial charge >= 0.3 is 7.12 Å². The van der Waals surface area contributed by atoms with Crippen LogP contribution < -0.4 is 5.46 Å². The second-order valence-electron chi connectivity index (χ2n) is 18.8. The van der Waals surface area contributed by atoms with E-state index in [1.165, 1.54) is 0 Å². The fourth-order valence-corrected chi connectivity index (χ4v) is 8.13. The van der Waals surface area contributed by atoms with Crippen LogP contribution in [0.5, 0.6) is 0 Å². The van der Waals surface area contributed by atoms with Gasteiger partial charge in [-0.3, -0.25) is 0 Å². The van der Waals surface area contributed by atoms with Gasteiger partial charge in [0.15, 0.2) is 40.8 Å². The zero-order valence-electron chi connectivity index (χ0n) is 42.6. The Morgan fingerprint density at radius 2 is 0.541 bits per heavy atom. The third kappa shape index (κ3) is 12.3. The fraction of sp³-hybridized carbons (Fsp3) is 0.167. The van der Waals surface area contributed by atoms with E-state index < -0.39 is 0 Å². The van der Waals surface area contributed by atoms with Crippen molar-refractivity contribution in [2.24, 2.45) is 0 Å². The molecule has 11 rings (SSSR count). The first-order valence-corrected chi connectivity index (χ1v) is 24.6. The molecule has 1 fully saturated rings. The maximum atomic E-state index is 6.08. The van der Waals surface area contributed by atoms with Crippen molar-refractivity contribution in [2.75, 3.05) is 0 Å². The van der Waals surface area contributed by atoms with Crippen LogP contribution in [-0.2, 0) is 9.31 Å². The van der Waals surface area contributed by atoms with Crippen LogP contribution in [0.1, 0.15) is 50.5 Å². The van der Waals surface area contributed by atoms with Crippen LogP contribution in [0, 0.1) is 27.7 Å². The van der Waals surface area contributed by atoms with E-state index in [9.17, 15) is 0 Å². The lowest BCUT2D eigenvalue weighted by Crippen LogP contribution is -2.41. The molecule has 1 saturated heterocycles. The molecule has 0 radical (unpaired) electrons. The molecule has 1 aliphatic heterocycles. The highest BCUT2D eigenvalue weighted by Crippen LogP contribution is 2.37. The van der Waals surface area contributed by atoms with Crippen molar-refractivity contribution in [3.8, 4) is 79.7 Å². The highest BCUT2D eigenvalue weighted by molar-refractivity contribution is 6.62. The predicted molar refractivity (Wildman–Crippen MR) is 295 cm³/mol. The topological polar surface area (TPSA) is 147 Å². The first-order valence-electron chi connectivity index (χ1n) is 24.3. The Bertz CT molecular complexity index is 3330. The number of nitrogens with zero attached hydrogens (tertiary/aromatic N) is 10. The van der Waals surface area contributed by atoms with E-state index in [0.717, 1.165) is 78.8 Å². The summed E-state index contributed by atoms with van der Waals surface area (Å²) in [5, 5.41) is 0.202. The molecule has 12 nitrogen and oxygen atoms in total. The van der Waals surface area contributed by atoms with E-state index in [1.807, 2.05) is 210 Å². The Morgan fingerprint density at radius 3 is 0.824 bits per heavy atom. The molecule has 0 N–H and O–H groups in total. The molecule has 1 aliphatic rings. The third-order valence-corrected chi connectivity index (χ3v) is 12.6. The molecule has 0 saturated carbocycles. The molecule has 5 heterocycles. The molecule has 10 aromatic rings. The molecule has 0 bridgehead atoms. The Labute approximate surface area is 437 Å². The molecule has 0 unspecified atom stereocenters. The van der Waals surface area contributed by atoms with E-state index in [2.05, 4.69) is 62.6 Å². The molecule has 6 aromatic carbocycles. The normalized spacial score (nSPS) is 13.3. The summed E-state index contributed by atoms with van der Waals surface area (Å²) in [7, 11) is -0.339. The third-order valence-electron chi connectivity index (χ3n) is 12.4. The maximum absolute atomic E-state index is 6.08. The summed E-state index contributed by atoms with van der Waals surface area (Å²) >= 11 is 5.99. The lowest BCUT2D eigenvalue weighted by atomic mass is 9.79. The van der Waals surface area contributed by atoms with Gasteiger partial charge in [0.25, 0.3) is 0 Å². The number of aryl methyl sites for hydroxylation is 4. The number of rotatable bonds is 8. The van der Waals surface area contributed by atoms with Gasteiger partial charge in [-0.2, -0.15) is 9.97 Å². The van der Waals surface area contributed by atoms with Crippen molar-refractivity contribution in [1.29, 1.82) is 0 Å². The maximum Gasteiger partial charge on any atom is 0.494 e. The van der Waals surface area contributed by atoms with Crippen LogP contribution in [0.25, 0.3) is 79.7 Å². The summed E-state index contributed by atoms with van der Waals surface area (Å²) in [6, 6.07) is 59.5. The summed E-state index contributed by atoms with van der Waals surface area (Å²) < 4.78 is 12.2. The molecule has 0 aliphatic carbocycles.